The Balaban J connectivity index is 1.25. The first kappa shape index (κ1) is 37.8. The second kappa shape index (κ2) is 14.0. The Morgan fingerprint density at radius 1 is 0.431 bits per heavy atom. The normalized spacial score (nSPS) is 13.4. The molecule has 8 aromatic carbocycles. The van der Waals surface area contributed by atoms with Gasteiger partial charge in [-0.2, -0.15) is 0 Å². The minimum Gasteiger partial charge on any atom is -0.310 e. The zero-order chi connectivity index (χ0) is 40.6. The molecule has 0 N–H and O–H groups in total. The largest absolute Gasteiger partial charge is 0.310 e. The van der Waals surface area contributed by atoms with Gasteiger partial charge in [-0.25, -0.2) is 4.39 Å². The molecule has 0 saturated heterocycles. The Bertz CT molecular complexity index is 2850. The molecule has 0 fully saturated rings. The fourth-order valence-corrected chi connectivity index (χ4v) is 11.9. The highest BCUT2D eigenvalue weighted by atomic mass is 28.3. The lowest BCUT2D eigenvalue weighted by Crippen LogP contribution is -2.38. The maximum Gasteiger partial charge on any atom is 0.125 e. The summed E-state index contributed by atoms with van der Waals surface area (Å²) in [4.78, 5) is 4.69. The van der Waals surface area contributed by atoms with Crippen LogP contribution >= 0.6 is 0 Å². The monoisotopic (exact) mass is 790 g/mol. The summed E-state index contributed by atoms with van der Waals surface area (Å²) in [5.74, 6) is -0.250. The highest BCUT2D eigenvalue weighted by Gasteiger charge is 2.39. The van der Waals surface area contributed by atoms with E-state index in [0.717, 1.165) is 28.4 Å². The van der Waals surface area contributed by atoms with Gasteiger partial charge in [0.25, 0.3) is 0 Å². The fraction of sp³-hybridized carbons (Fsp3) is 0.170. The van der Waals surface area contributed by atoms with Crippen molar-refractivity contribution in [1.29, 1.82) is 0 Å². The van der Waals surface area contributed by atoms with E-state index >= 15 is 0 Å². The van der Waals surface area contributed by atoms with Crippen LogP contribution in [0.3, 0.4) is 0 Å². The minimum atomic E-state index is -1.64. The number of para-hydroxylation sites is 1. The van der Waals surface area contributed by atoms with E-state index in [-0.39, 0.29) is 11.2 Å². The first-order chi connectivity index (χ1) is 27.7. The van der Waals surface area contributed by atoms with Crippen LogP contribution in [0, 0.1) is 5.82 Å². The second-order valence-electron chi connectivity index (χ2n) is 18.4. The van der Waals surface area contributed by atoms with Crippen molar-refractivity contribution in [2.75, 3.05) is 9.80 Å². The van der Waals surface area contributed by atoms with Crippen LogP contribution in [-0.4, -0.2) is 16.1 Å². The molecule has 1 aliphatic carbocycles. The van der Waals surface area contributed by atoms with Gasteiger partial charge >= 0.3 is 0 Å². The first-order valence-electron chi connectivity index (χ1n) is 20.5. The van der Waals surface area contributed by atoms with Gasteiger partial charge in [-0.1, -0.05) is 161 Å². The fourth-order valence-electron chi connectivity index (χ4n) is 9.17. The summed E-state index contributed by atoms with van der Waals surface area (Å²) in [5.41, 5.74) is 11.0. The number of hydrogen-bond acceptors (Lipinski definition) is 2. The molecule has 2 nitrogen and oxygen atoms in total. The Morgan fingerprint density at radius 3 is 1.66 bits per heavy atom. The van der Waals surface area contributed by atoms with Crippen LogP contribution in [-0.2, 0) is 5.41 Å². The molecule has 1 aliphatic rings. The summed E-state index contributed by atoms with van der Waals surface area (Å²) in [6, 6.07) is 58.7. The SMILES string of the molecule is CC1(C)c2cc(N(c3ccc([Si](C)(C)C)cc3)c3cccc(F)c3)ccc2-c2c1cc(N(c1ccccc1)c1ccc([Si](C)(C)C)c3ccccc13)c1ccccc21. The third kappa shape index (κ3) is 6.38. The van der Waals surface area contributed by atoms with Gasteiger partial charge in [-0.05, 0) is 99.8 Å². The molecule has 0 aromatic heterocycles. The molecule has 0 unspecified atom stereocenters. The molecular weight excluding hydrogens is 740 g/mol. The number of rotatable bonds is 8. The van der Waals surface area contributed by atoms with Crippen LogP contribution in [0.1, 0.15) is 25.0 Å². The predicted molar refractivity (Wildman–Crippen MR) is 254 cm³/mol. The van der Waals surface area contributed by atoms with E-state index in [9.17, 15) is 4.39 Å². The van der Waals surface area contributed by atoms with Crippen LogP contribution < -0.4 is 20.2 Å². The zero-order valence-corrected chi connectivity index (χ0v) is 36.9. The van der Waals surface area contributed by atoms with Crippen molar-refractivity contribution in [2.24, 2.45) is 0 Å². The number of fused-ring (bicyclic) bond motifs is 6. The Morgan fingerprint density at radius 2 is 1.00 bits per heavy atom. The van der Waals surface area contributed by atoms with E-state index in [2.05, 4.69) is 202 Å². The van der Waals surface area contributed by atoms with Crippen LogP contribution in [0.4, 0.5) is 38.5 Å². The summed E-state index contributed by atoms with van der Waals surface area (Å²) in [6.45, 7) is 19.1. The van der Waals surface area contributed by atoms with E-state index in [4.69, 9.17) is 0 Å². The van der Waals surface area contributed by atoms with Crippen molar-refractivity contribution in [2.45, 2.75) is 58.5 Å². The Kier molecular flexibility index (Phi) is 9.10. The molecule has 0 heterocycles. The molecule has 288 valence electrons. The number of anilines is 6. The van der Waals surface area contributed by atoms with Gasteiger partial charge in [0.2, 0.25) is 0 Å². The lowest BCUT2D eigenvalue weighted by molar-refractivity contribution is 0.628. The van der Waals surface area contributed by atoms with Crippen LogP contribution in [0.5, 0.6) is 0 Å². The van der Waals surface area contributed by atoms with E-state index in [0.29, 0.717) is 0 Å². The molecule has 8 aromatic rings. The number of hydrogen-bond donors (Lipinski definition) is 0. The van der Waals surface area contributed by atoms with E-state index < -0.39 is 16.1 Å². The third-order valence-corrected chi connectivity index (χ3v) is 16.3. The van der Waals surface area contributed by atoms with Gasteiger partial charge in [0.15, 0.2) is 0 Å². The molecular formula is C53H51FN2Si2. The summed E-state index contributed by atoms with van der Waals surface area (Å²) >= 11 is 0. The topological polar surface area (TPSA) is 6.48 Å². The molecule has 0 aliphatic heterocycles. The van der Waals surface area contributed by atoms with Crippen LogP contribution in [0.15, 0.2) is 164 Å². The lowest BCUT2D eigenvalue weighted by Gasteiger charge is -2.31. The van der Waals surface area contributed by atoms with Gasteiger partial charge < -0.3 is 9.80 Å². The minimum absolute atomic E-state index is 0.250. The van der Waals surface area contributed by atoms with Crippen LogP contribution in [0.25, 0.3) is 32.7 Å². The van der Waals surface area contributed by atoms with Crippen molar-refractivity contribution in [3.05, 3.63) is 181 Å². The molecule has 0 bridgehead atoms. The van der Waals surface area contributed by atoms with Gasteiger partial charge in [-0.15, -0.1) is 0 Å². The quantitative estimate of drug-likeness (QED) is 0.141. The number of halogens is 1. The summed E-state index contributed by atoms with van der Waals surface area (Å²) in [5, 5.41) is 7.92. The van der Waals surface area contributed by atoms with E-state index in [1.165, 1.54) is 65.9 Å². The zero-order valence-electron chi connectivity index (χ0n) is 34.9. The van der Waals surface area contributed by atoms with E-state index in [1.807, 2.05) is 6.07 Å². The van der Waals surface area contributed by atoms with Gasteiger partial charge in [0.05, 0.1) is 27.5 Å². The lowest BCUT2D eigenvalue weighted by atomic mass is 9.81. The van der Waals surface area contributed by atoms with Crippen molar-refractivity contribution < 1.29 is 4.39 Å². The molecule has 9 rings (SSSR count). The summed E-state index contributed by atoms with van der Waals surface area (Å²) < 4.78 is 14.9. The van der Waals surface area contributed by atoms with Crippen molar-refractivity contribution in [3.8, 4) is 11.1 Å². The molecule has 58 heavy (non-hydrogen) atoms. The van der Waals surface area contributed by atoms with Crippen molar-refractivity contribution >= 4 is 82.2 Å². The highest BCUT2D eigenvalue weighted by Crippen LogP contribution is 2.56. The van der Waals surface area contributed by atoms with Crippen molar-refractivity contribution in [1.82, 2.24) is 0 Å². The average Bonchev–Trinajstić information content (AvgIpc) is 3.43. The first-order valence-corrected chi connectivity index (χ1v) is 27.5. The van der Waals surface area contributed by atoms with Gasteiger partial charge in [0, 0.05) is 38.9 Å². The third-order valence-electron chi connectivity index (χ3n) is 12.2. The van der Waals surface area contributed by atoms with Crippen molar-refractivity contribution in [3.63, 3.8) is 0 Å². The second-order valence-corrected chi connectivity index (χ2v) is 28.5. The Hall–Kier alpha value is -5.76. The summed E-state index contributed by atoms with van der Waals surface area (Å²) in [7, 11) is -3.15. The standard InChI is InChI=1S/C53H51FN2Si2/c1-53(2)47-34-40(55(39-20-16-17-36(54)33-39)38-25-28-41(29-26-38)57(3,4)5)27-30-46(47)52-45-24-15-13-22-43(45)50(35-48(52)53)56(37-18-10-9-11-19-37)49-31-32-51(58(6,7)8)44-23-14-12-21-42(44)49/h9-35H,1-8H3. The maximum atomic E-state index is 14.9. The van der Waals surface area contributed by atoms with Gasteiger partial charge in [-0.3, -0.25) is 0 Å². The number of benzene rings is 8. The molecule has 0 saturated carbocycles. The smallest absolute Gasteiger partial charge is 0.125 e. The highest BCUT2D eigenvalue weighted by molar-refractivity contribution is 6.90. The number of nitrogens with zero attached hydrogens (tertiary/aromatic N) is 2. The molecule has 0 amide bonds. The molecule has 0 radical (unpaired) electrons. The van der Waals surface area contributed by atoms with E-state index in [1.54, 1.807) is 12.1 Å². The molecule has 0 atom stereocenters. The van der Waals surface area contributed by atoms with Crippen LogP contribution in [0.2, 0.25) is 39.3 Å². The average molecular weight is 791 g/mol. The predicted octanol–water partition coefficient (Wildman–Crippen LogP) is 14.5. The molecule has 5 heteroatoms. The van der Waals surface area contributed by atoms with Gasteiger partial charge in [0.1, 0.15) is 5.82 Å². The Labute approximate surface area is 345 Å². The maximum absolute atomic E-state index is 14.9. The summed E-state index contributed by atoms with van der Waals surface area (Å²) in [6.07, 6.45) is 0. The molecule has 0 spiro atoms.